The summed E-state index contributed by atoms with van der Waals surface area (Å²) in [5, 5.41) is 0. The highest BCUT2D eigenvalue weighted by molar-refractivity contribution is 5.62. The van der Waals surface area contributed by atoms with E-state index in [-0.39, 0.29) is 6.10 Å². The maximum atomic E-state index is 10.8. The fourth-order valence-corrected chi connectivity index (χ4v) is 1.38. The van der Waals surface area contributed by atoms with Crippen molar-refractivity contribution in [2.45, 2.75) is 18.9 Å². The van der Waals surface area contributed by atoms with Gasteiger partial charge in [0.05, 0.1) is 6.26 Å². The van der Waals surface area contributed by atoms with Crippen molar-refractivity contribution in [1.29, 1.82) is 0 Å². The van der Waals surface area contributed by atoms with E-state index in [2.05, 4.69) is 9.72 Å². The molecule has 1 aliphatic heterocycles. The van der Waals surface area contributed by atoms with Crippen molar-refractivity contribution in [3.05, 3.63) is 42.4 Å². The second kappa shape index (κ2) is 4.59. The molecule has 2 heterocycles. The third-order valence-electron chi connectivity index (χ3n) is 2.15. The molecule has 0 radical (unpaired) electrons. The molecule has 0 N–H and O–H groups in total. The second-order valence-electron chi connectivity index (χ2n) is 3.25. The number of carbonyl (C=O) groups excluding carboxylic acids is 1. The van der Waals surface area contributed by atoms with Crippen molar-refractivity contribution < 1.29 is 14.3 Å². The van der Waals surface area contributed by atoms with Gasteiger partial charge in [-0.1, -0.05) is 6.07 Å². The Morgan fingerprint density at radius 1 is 1.47 bits per heavy atom. The van der Waals surface area contributed by atoms with Gasteiger partial charge in [-0.15, -0.1) is 0 Å². The van der Waals surface area contributed by atoms with Gasteiger partial charge in [-0.25, -0.2) is 4.79 Å². The fourth-order valence-electron chi connectivity index (χ4n) is 1.38. The lowest BCUT2D eigenvalue weighted by molar-refractivity contribution is 0.0466. The Hall–Kier alpha value is -1.84. The highest BCUT2D eigenvalue weighted by atomic mass is 16.7. The number of pyridine rings is 1. The van der Waals surface area contributed by atoms with E-state index >= 15 is 0 Å². The average Bonchev–Trinajstić information content (AvgIpc) is 2.28. The van der Waals surface area contributed by atoms with Gasteiger partial charge in [0.2, 0.25) is 0 Å². The number of ether oxygens (including phenoxy) is 2. The molecular weight excluding hydrogens is 194 g/mol. The summed E-state index contributed by atoms with van der Waals surface area (Å²) in [4.78, 5) is 14.8. The SMILES string of the molecule is O=C1OC=C[C@@H](CCc2cccnc2)O1. The molecule has 0 saturated carbocycles. The van der Waals surface area contributed by atoms with E-state index < -0.39 is 6.16 Å². The lowest BCUT2D eigenvalue weighted by Gasteiger charge is -2.16. The van der Waals surface area contributed by atoms with Crippen LogP contribution in [-0.2, 0) is 15.9 Å². The summed E-state index contributed by atoms with van der Waals surface area (Å²) >= 11 is 0. The molecule has 1 atom stereocenters. The third kappa shape index (κ3) is 2.80. The topological polar surface area (TPSA) is 48.4 Å². The summed E-state index contributed by atoms with van der Waals surface area (Å²) in [6, 6.07) is 3.89. The highest BCUT2D eigenvalue weighted by Crippen LogP contribution is 2.11. The molecule has 0 amide bonds. The van der Waals surface area contributed by atoms with E-state index in [9.17, 15) is 4.79 Å². The molecule has 1 aromatic heterocycles. The molecule has 4 heteroatoms. The number of cyclic esters (lactones) is 2. The summed E-state index contributed by atoms with van der Waals surface area (Å²) in [5.74, 6) is 0. The van der Waals surface area contributed by atoms with Crippen molar-refractivity contribution in [3.8, 4) is 0 Å². The van der Waals surface area contributed by atoms with Crippen molar-refractivity contribution in [2.24, 2.45) is 0 Å². The Balaban J connectivity index is 1.86. The largest absolute Gasteiger partial charge is 0.513 e. The molecule has 78 valence electrons. The van der Waals surface area contributed by atoms with E-state index in [1.807, 2.05) is 18.3 Å². The number of rotatable bonds is 3. The van der Waals surface area contributed by atoms with Crippen LogP contribution >= 0.6 is 0 Å². The average molecular weight is 205 g/mol. The Morgan fingerprint density at radius 2 is 2.40 bits per heavy atom. The molecule has 2 rings (SSSR count). The van der Waals surface area contributed by atoms with Crippen LogP contribution in [0.15, 0.2) is 36.9 Å². The van der Waals surface area contributed by atoms with Crippen molar-refractivity contribution in [2.75, 3.05) is 0 Å². The van der Waals surface area contributed by atoms with Crippen molar-refractivity contribution in [1.82, 2.24) is 4.98 Å². The first-order valence-electron chi connectivity index (χ1n) is 4.77. The maximum absolute atomic E-state index is 10.8. The Kier molecular flexibility index (Phi) is 2.97. The lowest BCUT2D eigenvalue weighted by atomic mass is 10.1. The predicted octanol–water partition coefficient (Wildman–Crippen LogP) is 2.06. The number of hydrogen-bond donors (Lipinski definition) is 0. The van der Waals surface area contributed by atoms with Gasteiger partial charge in [0.25, 0.3) is 0 Å². The summed E-state index contributed by atoms with van der Waals surface area (Å²) < 4.78 is 9.45. The summed E-state index contributed by atoms with van der Waals surface area (Å²) in [6.45, 7) is 0. The first-order chi connectivity index (χ1) is 7.34. The van der Waals surface area contributed by atoms with E-state index in [0.717, 1.165) is 18.4 Å². The van der Waals surface area contributed by atoms with Gasteiger partial charge in [0, 0.05) is 12.4 Å². The highest BCUT2D eigenvalue weighted by Gasteiger charge is 2.16. The summed E-state index contributed by atoms with van der Waals surface area (Å²) in [6.07, 6.45) is 7.41. The van der Waals surface area contributed by atoms with E-state index in [1.54, 1.807) is 12.3 Å². The maximum Gasteiger partial charge on any atom is 0.513 e. The number of aryl methyl sites for hydroxylation is 1. The number of hydrogen-bond acceptors (Lipinski definition) is 4. The summed E-state index contributed by atoms with van der Waals surface area (Å²) in [5.41, 5.74) is 1.13. The van der Waals surface area contributed by atoms with Gasteiger partial charge in [-0.3, -0.25) is 4.98 Å². The summed E-state index contributed by atoms with van der Waals surface area (Å²) in [7, 11) is 0. The third-order valence-corrected chi connectivity index (χ3v) is 2.15. The minimum absolute atomic E-state index is 0.188. The first-order valence-corrected chi connectivity index (χ1v) is 4.77. The fraction of sp³-hybridized carbons (Fsp3) is 0.273. The quantitative estimate of drug-likeness (QED) is 0.709. The zero-order valence-corrected chi connectivity index (χ0v) is 8.13. The number of nitrogens with zero attached hydrogens (tertiary/aromatic N) is 1. The molecule has 0 bridgehead atoms. The molecule has 0 saturated heterocycles. The van der Waals surface area contributed by atoms with Crippen LogP contribution in [0.3, 0.4) is 0 Å². The molecule has 1 aromatic rings. The van der Waals surface area contributed by atoms with Crippen LogP contribution in [0.4, 0.5) is 4.79 Å². The van der Waals surface area contributed by atoms with Gasteiger partial charge in [0.15, 0.2) is 0 Å². The number of aromatic nitrogens is 1. The van der Waals surface area contributed by atoms with Crippen LogP contribution < -0.4 is 0 Å². The predicted molar refractivity (Wildman–Crippen MR) is 53.1 cm³/mol. The molecule has 15 heavy (non-hydrogen) atoms. The van der Waals surface area contributed by atoms with Crippen LogP contribution in [0.1, 0.15) is 12.0 Å². The monoisotopic (exact) mass is 205 g/mol. The van der Waals surface area contributed by atoms with Gasteiger partial charge in [-0.05, 0) is 30.5 Å². The van der Waals surface area contributed by atoms with Crippen LogP contribution in [0.2, 0.25) is 0 Å². The molecule has 0 unspecified atom stereocenters. The second-order valence-corrected chi connectivity index (χ2v) is 3.25. The Labute approximate surface area is 87.5 Å². The molecular formula is C11H11NO3. The normalized spacial score (nSPS) is 19.5. The Bertz CT molecular complexity index is 361. The van der Waals surface area contributed by atoms with Crippen LogP contribution in [0.25, 0.3) is 0 Å². The molecule has 4 nitrogen and oxygen atoms in total. The van der Waals surface area contributed by atoms with E-state index in [1.165, 1.54) is 6.26 Å². The minimum Gasteiger partial charge on any atom is -0.426 e. The standard InChI is InChI=1S/C11H11NO3/c13-11-14-7-5-10(15-11)4-3-9-2-1-6-12-8-9/h1-2,5-8,10H,3-4H2/t10-/m1/s1. The van der Waals surface area contributed by atoms with Gasteiger partial charge >= 0.3 is 6.16 Å². The molecule has 0 fully saturated rings. The van der Waals surface area contributed by atoms with Crippen LogP contribution in [-0.4, -0.2) is 17.2 Å². The molecule has 1 aliphatic rings. The molecule has 0 spiro atoms. The van der Waals surface area contributed by atoms with E-state index in [4.69, 9.17) is 4.74 Å². The first kappa shape index (κ1) is 9.71. The van der Waals surface area contributed by atoms with Gasteiger partial charge < -0.3 is 9.47 Å². The van der Waals surface area contributed by atoms with Gasteiger partial charge in [-0.2, -0.15) is 0 Å². The Morgan fingerprint density at radius 3 is 3.13 bits per heavy atom. The van der Waals surface area contributed by atoms with E-state index in [0.29, 0.717) is 0 Å². The zero-order chi connectivity index (χ0) is 10.5. The molecule has 0 aromatic carbocycles. The van der Waals surface area contributed by atoms with Crippen LogP contribution in [0.5, 0.6) is 0 Å². The van der Waals surface area contributed by atoms with Crippen LogP contribution in [0, 0.1) is 0 Å². The van der Waals surface area contributed by atoms with Crippen molar-refractivity contribution in [3.63, 3.8) is 0 Å². The van der Waals surface area contributed by atoms with Crippen molar-refractivity contribution >= 4 is 6.16 Å². The number of carbonyl (C=O) groups is 1. The molecule has 0 aliphatic carbocycles. The zero-order valence-electron chi connectivity index (χ0n) is 8.13. The smallest absolute Gasteiger partial charge is 0.426 e. The van der Waals surface area contributed by atoms with Gasteiger partial charge in [0.1, 0.15) is 6.10 Å². The lowest BCUT2D eigenvalue weighted by Crippen LogP contribution is -2.20. The minimum atomic E-state index is -0.631.